The van der Waals surface area contributed by atoms with Crippen LogP contribution in [0.1, 0.15) is 98.8 Å². The highest BCUT2D eigenvalue weighted by atomic mass is 19.4. The molecular formula is C28H33F5O. The largest absolute Gasteiger partial charge is 0.573 e. The Labute approximate surface area is 198 Å². The minimum Gasteiger partial charge on any atom is -0.403 e. The second kappa shape index (κ2) is 10.7. The van der Waals surface area contributed by atoms with E-state index >= 15 is 4.39 Å². The smallest absolute Gasteiger partial charge is 0.403 e. The minimum absolute atomic E-state index is 0.121. The molecule has 0 saturated heterocycles. The van der Waals surface area contributed by atoms with E-state index in [-0.39, 0.29) is 23.7 Å². The summed E-state index contributed by atoms with van der Waals surface area (Å²) >= 11 is 0. The summed E-state index contributed by atoms with van der Waals surface area (Å²) in [4.78, 5) is 0. The molecule has 4 rings (SSSR count). The molecule has 1 unspecified atom stereocenters. The molecular weight excluding hydrogens is 447 g/mol. The van der Waals surface area contributed by atoms with Gasteiger partial charge in [-0.05, 0) is 97.1 Å². The third kappa shape index (κ3) is 5.92. The lowest BCUT2D eigenvalue weighted by atomic mass is 9.76. The lowest BCUT2D eigenvalue weighted by Gasteiger charge is -2.30. The van der Waals surface area contributed by atoms with Crippen LogP contribution in [-0.2, 0) is 12.8 Å². The summed E-state index contributed by atoms with van der Waals surface area (Å²) in [6.45, 7) is 2.23. The van der Waals surface area contributed by atoms with Crippen LogP contribution < -0.4 is 4.74 Å². The van der Waals surface area contributed by atoms with E-state index in [9.17, 15) is 17.6 Å². The molecule has 186 valence electrons. The number of halogens is 5. The molecule has 2 aliphatic rings. The molecule has 34 heavy (non-hydrogen) atoms. The molecule has 2 aromatic rings. The lowest BCUT2D eigenvalue weighted by molar-refractivity contribution is -0.275. The highest BCUT2D eigenvalue weighted by Gasteiger charge is 2.34. The molecule has 0 amide bonds. The molecule has 0 spiro atoms. The summed E-state index contributed by atoms with van der Waals surface area (Å²) in [5, 5.41) is 0. The Hall–Kier alpha value is -2.11. The first-order valence-electron chi connectivity index (χ1n) is 12.6. The van der Waals surface area contributed by atoms with Crippen LogP contribution in [0, 0.1) is 17.6 Å². The van der Waals surface area contributed by atoms with Crippen molar-refractivity contribution in [1.29, 1.82) is 0 Å². The molecule has 1 atom stereocenters. The summed E-state index contributed by atoms with van der Waals surface area (Å²) < 4.78 is 71.0. The average molecular weight is 481 g/mol. The molecule has 0 radical (unpaired) electrons. The maximum Gasteiger partial charge on any atom is 0.573 e. The van der Waals surface area contributed by atoms with Crippen molar-refractivity contribution in [1.82, 2.24) is 0 Å². The summed E-state index contributed by atoms with van der Waals surface area (Å²) in [6, 6.07) is 8.06. The first-order chi connectivity index (χ1) is 16.2. The third-order valence-corrected chi connectivity index (χ3v) is 7.74. The Morgan fingerprint density at radius 1 is 0.912 bits per heavy atom. The maximum absolute atomic E-state index is 15.2. The fourth-order valence-electron chi connectivity index (χ4n) is 5.85. The topological polar surface area (TPSA) is 9.23 Å². The van der Waals surface area contributed by atoms with Gasteiger partial charge in [0.25, 0.3) is 0 Å². The molecule has 0 N–H and O–H groups in total. The molecule has 1 fully saturated rings. The molecule has 0 bridgehead atoms. The van der Waals surface area contributed by atoms with Gasteiger partial charge >= 0.3 is 6.36 Å². The van der Waals surface area contributed by atoms with Crippen molar-refractivity contribution < 1.29 is 26.7 Å². The van der Waals surface area contributed by atoms with E-state index in [2.05, 4.69) is 11.7 Å². The van der Waals surface area contributed by atoms with Gasteiger partial charge < -0.3 is 4.74 Å². The molecule has 0 aliphatic heterocycles. The van der Waals surface area contributed by atoms with E-state index in [1.165, 1.54) is 44.6 Å². The predicted octanol–water partition coefficient (Wildman–Crippen LogP) is 8.99. The van der Waals surface area contributed by atoms with Crippen molar-refractivity contribution in [3.63, 3.8) is 0 Å². The van der Waals surface area contributed by atoms with Crippen LogP contribution in [0.2, 0.25) is 0 Å². The summed E-state index contributed by atoms with van der Waals surface area (Å²) in [7, 11) is 0. The van der Waals surface area contributed by atoms with Crippen LogP contribution in [-0.4, -0.2) is 6.36 Å². The number of fused-ring (bicyclic) bond motifs is 1. The van der Waals surface area contributed by atoms with Crippen molar-refractivity contribution >= 4 is 0 Å². The molecule has 1 nitrogen and oxygen atoms in total. The molecule has 1 saturated carbocycles. The van der Waals surface area contributed by atoms with E-state index in [4.69, 9.17) is 0 Å². The quantitative estimate of drug-likeness (QED) is 0.284. The average Bonchev–Trinajstić information content (AvgIpc) is 2.80. The normalized spacial score (nSPS) is 22.9. The molecule has 6 heteroatoms. The highest BCUT2D eigenvalue weighted by molar-refractivity contribution is 5.42. The lowest BCUT2D eigenvalue weighted by Crippen LogP contribution is -2.20. The number of ether oxygens (including phenoxy) is 1. The first-order valence-corrected chi connectivity index (χ1v) is 12.6. The van der Waals surface area contributed by atoms with E-state index < -0.39 is 17.9 Å². The fourth-order valence-corrected chi connectivity index (χ4v) is 5.85. The second-order valence-corrected chi connectivity index (χ2v) is 10.00. The molecule has 0 heterocycles. The van der Waals surface area contributed by atoms with Crippen molar-refractivity contribution in [2.24, 2.45) is 5.92 Å². The number of alkyl halides is 3. The van der Waals surface area contributed by atoms with Gasteiger partial charge in [0.2, 0.25) is 0 Å². The fraction of sp³-hybridized carbons (Fsp3) is 0.571. The first kappa shape index (κ1) is 25.0. The maximum atomic E-state index is 15.2. The van der Waals surface area contributed by atoms with Crippen molar-refractivity contribution in [2.45, 2.75) is 95.8 Å². The van der Waals surface area contributed by atoms with Gasteiger partial charge in [-0.25, -0.2) is 8.78 Å². The van der Waals surface area contributed by atoms with E-state index in [1.54, 1.807) is 6.07 Å². The van der Waals surface area contributed by atoms with Crippen LogP contribution in [0.4, 0.5) is 22.0 Å². The zero-order valence-electron chi connectivity index (χ0n) is 19.7. The Morgan fingerprint density at radius 2 is 1.68 bits per heavy atom. The minimum atomic E-state index is -4.94. The van der Waals surface area contributed by atoms with Crippen molar-refractivity contribution in [2.75, 3.05) is 0 Å². The highest BCUT2D eigenvalue weighted by Crippen LogP contribution is 2.41. The van der Waals surface area contributed by atoms with Gasteiger partial charge in [-0.15, -0.1) is 13.2 Å². The van der Waals surface area contributed by atoms with Gasteiger partial charge in [0.05, 0.1) is 0 Å². The Kier molecular flexibility index (Phi) is 7.83. The van der Waals surface area contributed by atoms with Gasteiger partial charge in [-0.2, -0.15) is 0 Å². The summed E-state index contributed by atoms with van der Waals surface area (Å²) in [5.74, 6) is -0.913. The number of hydrogen-bond acceptors (Lipinski definition) is 1. The number of hydrogen-bond donors (Lipinski definition) is 0. The van der Waals surface area contributed by atoms with Gasteiger partial charge in [-0.1, -0.05) is 50.8 Å². The van der Waals surface area contributed by atoms with Gasteiger partial charge in [0, 0.05) is 0 Å². The Bertz CT molecular complexity index is 975. The van der Waals surface area contributed by atoms with Crippen LogP contribution in [0.25, 0.3) is 0 Å². The Morgan fingerprint density at radius 3 is 2.35 bits per heavy atom. The number of unbranched alkanes of at least 4 members (excludes halogenated alkanes) is 2. The van der Waals surface area contributed by atoms with Gasteiger partial charge in [0.1, 0.15) is 5.82 Å². The van der Waals surface area contributed by atoms with E-state index in [0.29, 0.717) is 29.9 Å². The van der Waals surface area contributed by atoms with Gasteiger partial charge in [-0.3, -0.25) is 0 Å². The van der Waals surface area contributed by atoms with E-state index in [0.717, 1.165) is 30.4 Å². The van der Waals surface area contributed by atoms with Crippen molar-refractivity contribution in [3.05, 3.63) is 64.2 Å². The number of benzene rings is 2. The summed E-state index contributed by atoms with van der Waals surface area (Å²) in [5.41, 5.74) is 2.53. The van der Waals surface area contributed by atoms with Crippen molar-refractivity contribution in [3.8, 4) is 5.75 Å². The van der Waals surface area contributed by atoms with Gasteiger partial charge in [0.15, 0.2) is 11.6 Å². The van der Waals surface area contributed by atoms with Crippen LogP contribution >= 0.6 is 0 Å². The molecule has 2 aliphatic carbocycles. The standard InChI is InChI=1S/C28H33F5O/c1-2-3-4-5-18-6-8-19(9-7-18)20-10-13-23(25(29)17-20)21-11-14-24-22(16-21)12-15-26(27(24)30)34-28(31,32)33/h10,12-13,15,17-19,21H,2-9,11,14,16H2,1H3. The molecule has 0 aromatic heterocycles. The number of rotatable bonds is 7. The second-order valence-electron chi connectivity index (χ2n) is 10.00. The SMILES string of the molecule is CCCCCC1CCC(c2ccc(C3CCc4c(ccc(OC(F)(F)F)c4F)C3)c(F)c2)CC1. The molecule has 2 aromatic carbocycles. The zero-order chi connectivity index (χ0) is 24.3. The van der Waals surface area contributed by atoms with Crippen LogP contribution in [0.3, 0.4) is 0 Å². The zero-order valence-corrected chi connectivity index (χ0v) is 19.7. The van der Waals surface area contributed by atoms with E-state index in [1.807, 2.05) is 12.1 Å². The predicted molar refractivity (Wildman–Crippen MR) is 123 cm³/mol. The van der Waals surface area contributed by atoms with Crippen LogP contribution in [0.15, 0.2) is 30.3 Å². The monoisotopic (exact) mass is 480 g/mol. The van der Waals surface area contributed by atoms with Crippen LogP contribution in [0.5, 0.6) is 5.75 Å². The Balaban J connectivity index is 1.40. The summed E-state index contributed by atoms with van der Waals surface area (Å²) in [6.07, 6.45) is 5.99. The third-order valence-electron chi connectivity index (χ3n) is 7.74.